The van der Waals surface area contributed by atoms with Crippen LogP contribution in [0.2, 0.25) is 0 Å². The van der Waals surface area contributed by atoms with Gasteiger partial charge in [0.15, 0.2) is 0 Å². The zero-order valence-corrected chi connectivity index (χ0v) is 27.9. The lowest BCUT2D eigenvalue weighted by molar-refractivity contribution is -0.114. The van der Waals surface area contributed by atoms with Crippen molar-refractivity contribution in [3.05, 3.63) is 119 Å². The number of ether oxygens (including phenoxy) is 1. The maximum Gasteiger partial charge on any atom is 0.341 e. The molecule has 0 aliphatic carbocycles. The standard InChI is InChI=1S/C40H44N4O3/c1-5-7-14-25-43(26-15-8-6-2)31-22-23-34(35(27-31)42-29(4)45)40(38-33(39(46)47-40)20-16-24-41-38)37-28(3)44(30-17-10-9-11-18-30)36-21-13-12-19-32(36)37/h9-13,16-24,27H,5-8,14-15,25-26H2,1-4H3,(H,42,45). The molecule has 7 nitrogen and oxygen atoms in total. The van der Waals surface area contributed by atoms with Crippen molar-refractivity contribution in [2.75, 3.05) is 23.3 Å². The van der Waals surface area contributed by atoms with Crippen LogP contribution in [0.4, 0.5) is 11.4 Å². The van der Waals surface area contributed by atoms with Crippen LogP contribution in [0.15, 0.2) is 91.1 Å². The predicted molar refractivity (Wildman–Crippen MR) is 190 cm³/mol. The number of aromatic nitrogens is 2. The molecule has 1 N–H and O–H groups in total. The molecule has 0 spiro atoms. The van der Waals surface area contributed by atoms with E-state index in [4.69, 9.17) is 9.72 Å². The first-order valence-corrected chi connectivity index (χ1v) is 16.9. The highest BCUT2D eigenvalue weighted by Gasteiger charge is 2.53. The minimum Gasteiger partial charge on any atom is -0.439 e. The van der Waals surface area contributed by atoms with Crippen LogP contribution >= 0.6 is 0 Å². The molecule has 2 aromatic heterocycles. The van der Waals surface area contributed by atoms with Crippen molar-refractivity contribution in [3.63, 3.8) is 0 Å². The van der Waals surface area contributed by atoms with Crippen LogP contribution in [0.25, 0.3) is 16.6 Å². The van der Waals surface area contributed by atoms with Gasteiger partial charge in [0.25, 0.3) is 0 Å². The summed E-state index contributed by atoms with van der Waals surface area (Å²) in [6, 6.07) is 28.1. The number of rotatable bonds is 13. The molecule has 0 fully saturated rings. The van der Waals surface area contributed by atoms with E-state index < -0.39 is 11.6 Å². The average Bonchev–Trinajstić information content (AvgIpc) is 3.55. The SMILES string of the molecule is CCCCCN(CCCCC)c1ccc(C2(c3c(C)n(-c4ccccc4)c4ccccc34)OC(=O)c3cccnc32)c(NC(C)=O)c1. The fourth-order valence-electron chi connectivity index (χ4n) is 7.11. The Morgan fingerprint density at radius 3 is 2.30 bits per heavy atom. The number of amides is 1. The highest BCUT2D eigenvalue weighted by atomic mass is 16.6. The van der Waals surface area contributed by atoms with Gasteiger partial charge in [-0.25, -0.2) is 4.79 Å². The second-order valence-electron chi connectivity index (χ2n) is 12.4. The number of benzene rings is 3. The second-order valence-corrected chi connectivity index (χ2v) is 12.4. The molecule has 1 amide bonds. The molecule has 242 valence electrons. The van der Waals surface area contributed by atoms with E-state index in [1.54, 1.807) is 18.3 Å². The lowest BCUT2D eigenvalue weighted by atomic mass is 9.80. The van der Waals surface area contributed by atoms with E-state index in [0.29, 0.717) is 22.5 Å². The highest BCUT2D eigenvalue weighted by molar-refractivity contribution is 6.00. The quantitative estimate of drug-likeness (QED) is 0.104. The van der Waals surface area contributed by atoms with Gasteiger partial charge in [0, 0.05) is 59.8 Å². The highest BCUT2D eigenvalue weighted by Crippen LogP contribution is 2.52. The van der Waals surface area contributed by atoms with Crippen molar-refractivity contribution in [1.29, 1.82) is 0 Å². The number of pyridine rings is 1. The van der Waals surface area contributed by atoms with E-state index in [1.807, 2.05) is 36.4 Å². The summed E-state index contributed by atoms with van der Waals surface area (Å²) < 4.78 is 8.84. The maximum atomic E-state index is 13.8. The first-order valence-electron chi connectivity index (χ1n) is 16.9. The summed E-state index contributed by atoms with van der Waals surface area (Å²) in [5.74, 6) is -0.640. The third-order valence-corrected chi connectivity index (χ3v) is 9.21. The van der Waals surface area contributed by atoms with Crippen LogP contribution in [0.5, 0.6) is 0 Å². The van der Waals surface area contributed by atoms with Crippen molar-refractivity contribution >= 4 is 34.2 Å². The molecule has 6 rings (SSSR count). The normalized spacial score (nSPS) is 15.4. The number of esters is 1. The van der Waals surface area contributed by atoms with Crippen molar-refractivity contribution in [1.82, 2.24) is 9.55 Å². The van der Waals surface area contributed by atoms with Crippen molar-refractivity contribution in [2.45, 2.75) is 71.8 Å². The Kier molecular flexibility index (Phi) is 9.43. The molecular weight excluding hydrogens is 584 g/mol. The predicted octanol–water partition coefficient (Wildman–Crippen LogP) is 8.94. The molecule has 1 unspecified atom stereocenters. The van der Waals surface area contributed by atoms with E-state index in [9.17, 15) is 9.59 Å². The van der Waals surface area contributed by atoms with E-state index in [2.05, 4.69) is 72.0 Å². The molecule has 3 heterocycles. The number of anilines is 2. The molecule has 0 saturated carbocycles. The van der Waals surface area contributed by atoms with Crippen molar-refractivity contribution in [3.8, 4) is 5.69 Å². The Balaban J connectivity index is 1.63. The van der Waals surface area contributed by atoms with Gasteiger partial charge in [-0.1, -0.05) is 82.0 Å². The summed E-state index contributed by atoms with van der Waals surface area (Å²) >= 11 is 0. The molecule has 1 atom stereocenters. The first kappa shape index (κ1) is 32.0. The van der Waals surface area contributed by atoms with Gasteiger partial charge in [0.2, 0.25) is 11.5 Å². The zero-order valence-electron chi connectivity index (χ0n) is 27.9. The van der Waals surface area contributed by atoms with Gasteiger partial charge in [-0.2, -0.15) is 0 Å². The molecule has 1 aliphatic rings. The molecule has 5 aromatic rings. The molecule has 1 aliphatic heterocycles. The molecule has 7 heteroatoms. The Labute approximate surface area is 277 Å². The van der Waals surface area contributed by atoms with Crippen LogP contribution in [0.3, 0.4) is 0 Å². The fraction of sp³-hybridized carbons (Fsp3) is 0.325. The number of para-hydroxylation sites is 2. The largest absolute Gasteiger partial charge is 0.439 e. The number of fused-ring (bicyclic) bond motifs is 2. The van der Waals surface area contributed by atoms with Crippen LogP contribution < -0.4 is 10.2 Å². The van der Waals surface area contributed by atoms with Gasteiger partial charge in [0.05, 0.1) is 16.8 Å². The first-order chi connectivity index (χ1) is 22.9. The number of carbonyl (C=O) groups is 2. The minimum atomic E-state index is -1.41. The molecule has 47 heavy (non-hydrogen) atoms. The summed E-state index contributed by atoms with van der Waals surface area (Å²) in [5.41, 5.74) is 5.57. The monoisotopic (exact) mass is 628 g/mol. The number of hydrogen-bond acceptors (Lipinski definition) is 5. The summed E-state index contributed by atoms with van der Waals surface area (Å²) in [4.78, 5) is 33.9. The minimum absolute atomic E-state index is 0.198. The number of carbonyl (C=O) groups excluding carboxylic acids is 2. The lowest BCUT2D eigenvalue weighted by Gasteiger charge is -2.33. The van der Waals surface area contributed by atoms with Gasteiger partial charge in [-0.15, -0.1) is 0 Å². The van der Waals surface area contributed by atoms with E-state index in [1.165, 1.54) is 6.92 Å². The van der Waals surface area contributed by atoms with Crippen LogP contribution in [-0.4, -0.2) is 34.5 Å². The third-order valence-electron chi connectivity index (χ3n) is 9.21. The van der Waals surface area contributed by atoms with Gasteiger partial charge in [-0.3, -0.25) is 9.78 Å². The topological polar surface area (TPSA) is 76.5 Å². The molecule has 0 saturated heterocycles. The number of nitrogens with one attached hydrogen (secondary N) is 1. The van der Waals surface area contributed by atoms with Crippen LogP contribution in [0, 0.1) is 6.92 Å². The molecule has 0 bridgehead atoms. The summed E-state index contributed by atoms with van der Waals surface area (Å²) in [6.45, 7) is 9.89. The smallest absolute Gasteiger partial charge is 0.341 e. The number of cyclic esters (lactones) is 1. The summed E-state index contributed by atoms with van der Waals surface area (Å²) in [6.07, 6.45) is 8.51. The average molecular weight is 629 g/mol. The van der Waals surface area contributed by atoms with Gasteiger partial charge in [0.1, 0.15) is 5.69 Å². The van der Waals surface area contributed by atoms with E-state index in [0.717, 1.165) is 85.1 Å². The molecule has 3 aromatic carbocycles. The van der Waals surface area contributed by atoms with Gasteiger partial charge >= 0.3 is 5.97 Å². The van der Waals surface area contributed by atoms with Gasteiger partial charge < -0.3 is 19.5 Å². The summed E-state index contributed by atoms with van der Waals surface area (Å²) in [5, 5.41) is 4.08. The number of unbranched alkanes of at least 4 members (excludes halogenated alkanes) is 4. The molecular formula is C40H44N4O3. The molecule has 0 radical (unpaired) electrons. The maximum absolute atomic E-state index is 13.8. The van der Waals surface area contributed by atoms with Crippen LogP contribution in [0.1, 0.15) is 92.2 Å². The Bertz CT molecular complexity index is 1890. The second kappa shape index (κ2) is 13.8. The summed E-state index contributed by atoms with van der Waals surface area (Å²) in [7, 11) is 0. The number of nitrogens with zero attached hydrogens (tertiary/aromatic N) is 3. The number of hydrogen-bond donors (Lipinski definition) is 1. The van der Waals surface area contributed by atoms with Crippen molar-refractivity contribution < 1.29 is 14.3 Å². The Morgan fingerprint density at radius 2 is 1.60 bits per heavy atom. The van der Waals surface area contributed by atoms with E-state index in [-0.39, 0.29) is 5.91 Å². The third kappa shape index (κ3) is 5.91. The Hall–Kier alpha value is -4.91. The zero-order chi connectivity index (χ0) is 33.0. The van der Waals surface area contributed by atoms with Gasteiger partial charge in [-0.05, 0) is 62.2 Å². The Morgan fingerprint density at radius 1 is 0.894 bits per heavy atom. The fourth-order valence-corrected chi connectivity index (χ4v) is 7.11. The van der Waals surface area contributed by atoms with Crippen LogP contribution in [-0.2, 0) is 15.1 Å². The lowest BCUT2D eigenvalue weighted by Crippen LogP contribution is -2.33. The van der Waals surface area contributed by atoms with Crippen molar-refractivity contribution in [2.24, 2.45) is 0 Å². The van der Waals surface area contributed by atoms with E-state index >= 15 is 0 Å².